The lowest BCUT2D eigenvalue weighted by Gasteiger charge is -2.04. The van der Waals surface area contributed by atoms with Crippen LogP contribution < -0.4 is 4.74 Å². The fourth-order valence-electron chi connectivity index (χ4n) is 2.59. The van der Waals surface area contributed by atoms with Crippen molar-refractivity contribution in [2.75, 3.05) is 0 Å². The smallest absolute Gasteiger partial charge is 0.185 e. The minimum atomic E-state index is -0.0427. The molecule has 0 N–H and O–H groups in total. The molecule has 0 aliphatic heterocycles. The number of rotatable bonds is 7. The average molecular weight is 346 g/mol. The Balaban J connectivity index is 1.57. The number of benzene rings is 2. The molecule has 3 nitrogen and oxygen atoms in total. The molecule has 132 valence electrons. The van der Waals surface area contributed by atoms with E-state index in [1.165, 1.54) is 11.6 Å². The predicted molar refractivity (Wildman–Crippen MR) is 103 cm³/mol. The highest BCUT2D eigenvalue weighted by Gasteiger charge is 2.04. The van der Waals surface area contributed by atoms with Gasteiger partial charge >= 0.3 is 0 Å². The molecule has 0 aliphatic carbocycles. The summed E-state index contributed by atoms with van der Waals surface area (Å²) in [5.74, 6) is 2.11. The number of furan rings is 1. The number of aryl methyl sites for hydroxylation is 2. The topological polar surface area (TPSA) is 39.4 Å². The van der Waals surface area contributed by atoms with Gasteiger partial charge in [0.05, 0.1) is 0 Å². The average Bonchev–Trinajstić information content (AvgIpc) is 3.13. The first-order chi connectivity index (χ1) is 12.6. The molecule has 26 heavy (non-hydrogen) atoms. The quantitative estimate of drug-likeness (QED) is 0.411. The third kappa shape index (κ3) is 4.73. The van der Waals surface area contributed by atoms with E-state index in [9.17, 15) is 4.79 Å². The first kappa shape index (κ1) is 17.7. The van der Waals surface area contributed by atoms with Gasteiger partial charge in [0.15, 0.2) is 5.78 Å². The van der Waals surface area contributed by atoms with Crippen LogP contribution in [0.5, 0.6) is 5.75 Å². The van der Waals surface area contributed by atoms with Crippen LogP contribution in [0.2, 0.25) is 0 Å². The largest absolute Gasteiger partial charge is 0.486 e. The second kappa shape index (κ2) is 8.34. The van der Waals surface area contributed by atoms with Crippen molar-refractivity contribution in [3.63, 3.8) is 0 Å². The van der Waals surface area contributed by atoms with E-state index in [2.05, 4.69) is 19.1 Å². The van der Waals surface area contributed by atoms with Gasteiger partial charge in [-0.3, -0.25) is 4.79 Å². The van der Waals surface area contributed by atoms with Crippen LogP contribution in [0.4, 0.5) is 0 Å². The van der Waals surface area contributed by atoms with Crippen molar-refractivity contribution < 1.29 is 13.9 Å². The molecule has 0 saturated carbocycles. The molecule has 0 unspecified atom stereocenters. The van der Waals surface area contributed by atoms with Gasteiger partial charge < -0.3 is 9.15 Å². The Morgan fingerprint density at radius 1 is 1.08 bits per heavy atom. The molecule has 2 aromatic carbocycles. The highest BCUT2D eigenvalue weighted by Crippen LogP contribution is 2.17. The summed E-state index contributed by atoms with van der Waals surface area (Å²) in [6, 6.07) is 19.3. The fourth-order valence-corrected chi connectivity index (χ4v) is 2.59. The van der Waals surface area contributed by atoms with E-state index in [0.29, 0.717) is 23.7 Å². The van der Waals surface area contributed by atoms with E-state index < -0.39 is 0 Å². The molecule has 0 amide bonds. The number of carbonyl (C=O) groups is 1. The Bertz CT molecular complexity index is 901. The Hall–Kier alpha value is -3.07. The lowest BCUT2D eigenvalue weighted by Crippen LogP contribution is -1.94. The minimum absolute atomic E-state index is 0.0427. The Labute approximate surface area is 153 Å². The van der Waals surface area contributed by atoms with Crippen LogP contribution in [0.25, 0.3) is 6.08 Å². The summed E-state index contributed by atoms with van der Waals surface area (Å²) >= 11 is 0. The van der Waals surface area contributed by atoms with E-state index in [0.717, 1.165) is 17.7 Å². The molecule has 1 aromatic heterocycles. The lowest BCUT2D eigenvalue weighted by molar-refractivity contribution is 0.104. The van der Waals surface area contributed by atoms with E-state index in [1.807, 2.05) is 55.5 Å². The fraction of sp³-hybridized carbons (Fsp3) is 0.174. The van der Waals surface area contributed by atoms with Crippen LogP contribution in [0, 0.1) is 6.92 Å². The standard InChI is InChI=1S/C23H22O3/c1-3-18-7-9-20(10-8-18)25-16-22-12-11-21(26-22)13-14-23(24)19-6-4-5-17(2)15-19/h4-15H,3,16H2,1-2H3/b14-13+. The van der Waals surface area contributed by atoms with Gasteiger partial charge in [-0.05, 0) is 61.4 Å². The van der Waals surface area contributed by atoms with E-state index in [1.54, 1.807) is 6.08 Å². The maximum atomic E-state index is 12.2. The molecule has 0 radical (unpaired) electrons. The van der Waals surface area contributed by atoms with Crippen molar-refractivity contribution in [3.8, 4) is 5.75 Å². The molecule has 0 atom stereocenters. The van der Waals surface area contributed by atoms with Gasteiger partial charge in [0.2, 0.25) is 0 Å². The van der Waals surface area contributed by atoms with Crippen LogP contribution in [-0.2, 0) is 13.0 Å². The molecular formula is C23H22O3. The maximum Gasteiger partial charge on any atom is 0.185 e. The third-order valence-corrected chi connectivity index (χ3v) is 4.10. The summed E-state index contributed by atoms with van der Waals surface area (Å²) in [6.07, 6.45) is 4.22. The third-order valence-electron chi connectivity index (χ3n) is 4.10. The number of hydrogen-bond acceptors (Lipinski definition) is 3. The summed E-state index contributed by atoms with van der Waals surface area (Å²) in [5, 5.41) is 0. The van der Waals surface area contributed by atoms with Gasteiger partial charge in [0.25, 0.3) is 0 Å². The first-order valence-electron chi connectivity index (χ1n) is 8.73. The van der Waals surface area contributed by atoms with Crippen LogP contribution in [0.1, 0.15) is 39.9 Å². The van der Waals surface area contributed by atoms with Gasteiger partial charge in [-0.25, -0.2) is 0 Å². The summed E-state index contributed by atoms with van der Waals surface area (Å²) in [5.41, 5.74) is 3.02. The van der Waals surface area contributed by atoms with Crippen LogP contribution in [0.15, 0.2) is 71.2 Å². The highest BCUT2D eigenvalue weighted by molar-refractivity contribution is 6.06. The molecule has 0 aliphatic rings. The maximum absolute atomic E-state index is 12.2. The van der Waals surface area contributed by atoms with Gasteiger partial charge in [-0.2, -0.15) is 0 Å². The summed E-state index contributed by atoms with van der Waals surface area (Å²) in [4.78, 5) is 12.2. The number of carbonyl (C=O) groups excluding carboxylic acids is 1. The monoisotopic (exact) mass is 346 g/mol. The zero-order chi connectivity index (χ0) is 18.4. The Morgan fingerprint density at radius 3 is 2.62 bits per heavy atom. The normalized spacial score (nSPS) is 11.0. The molecule has 3 rings (SSSR count). The molecule has 3 heteroatoms. The van der Waals surface area contributed by atoms with Crippen LogP contribution >= 0.6 is 0 Å². The lowest BCUT2D eigenvalue weighted by atomic mass is 10.1. The second-order valence-corrected chi connectivity index (χ2v) is 6.16. The summed E-state index contributed by atoms with van der Waals surface area (Å²) in [7, 11) is 0. The molecule has 0 saturated heterocycles. The number of ketones is 1. The first-order valence-corrected chi connectivity index (χ1v) is 8.73. The molecule has 1 heterocycles. The zero-order valence-electron chi connectivity index (χ0n) is 15.1. The van der Waals surface area contributed by atoms with E-state index in [4.69, 9.17) is 9.15 Å². The molecule has 0 spiro atoms. The zero-order valence-corrected chi connectivity index (χ0v) is 15.1. The van der Waals surface area contributed by atoms with Gasteiger partial charge in [0.1, 0.15) is 23.9 Å². The summed E-state index contributed by atoms with van der Waals surface area (Å²) < 4.78 is 11.4. The van der Waals surface area contributed by atoms with Crippen molar-refractivity contribution in [1.29, 1.82) is 0 Å². The van der Waals surface area contributed by atoms with Gasteiger partial charge in [0, 0.05) is 5.56 Å². The van der Waals surface area contributed by atoms with Crippen molar-refractivity contribution in [2.45, 2.75) is 26.9 Å². The minimum Gasteiger partial charge on any atom is -0.486 e. The number of ether oxygens (including phenoxy) is 1. The van der Waals surface area contributed by atoms with Crippen LogP contribution in [0.3, 0.4) is 0 Å². The van der Waals surface area contributed by atoms with E-state index in [-0.39, 0.29) is 5.78 Å². The molecule has 0 fully saturated rings. The highest BCUT2D eigenvalue weighted by atomic mass is 16.5. The summed E-state index contributed by atoms with van der Waals surface area (Å²) in [6.45, 7) is 4.44. The number of allylic oxidation sites excluding steroid dienone is 1. The van der Waals surface area contributed by atoms with Gasteiger partial charge in [-0.15, -0.1) is 0 Å². The second-order valence-electron chi connectivity index (χ2n) is 6.16. The number of hydrogen-bond donors (Lipinski definition) is 0. The molecule has 0 bridgehead atoms. The Morgan fingerprint density at radius 2 is 1.88 bits per heavy atom. The van der Waals surface area contributed by atoms with Crippen molar-refractivity contribution in [3.05, 3.63) is 95.0 Å². The molecule has 3 aromatic rings. The Kier molecular flexibility index (Phi) is 5.69. The SMILES string of the molecule is CCc1ccc(OCc2ccc(/C=C/C(=O)c3cccc(C)c3)o2)cc1. The van der Waals surface area contributed by atoms with Crippen molar-refractivity contribution >= 4 is 11.9 Å². The van der Waals surface area contributed by atoms with Gasteiger partial charge in [-0.1, -0.05) is 42.8 Å². The van der Waals surface area contributed by atoms with Crippen LogP contribution in [-0.4, -0.2) is 5.78 Å². The van der Waals surface area contributed by atoms with E-state index >= 15 is 0 Å². The van der Waals surface area contributed by atoms with Crippen molar-refractivity contribution in [2.24, 2.45) is 0 Å². The predicted octanol–water partition coefficient (Wildman–Crippen LogP) is 5.63. The van der Waals surface area contributed by atoms with Crippen molar-refractivity contribution in [1.82, 2.24) is 0 Å². The molecular weight excluding hydrogens is 324 g/mol.